The summed E-state index contributed by atoms with van der Waals surface area (Å²) >= 11 is 0. The molecule has 0 aliphatic heterocycles. The van der Waals surface area contributed by atoms with Crippen molar-refractivity contribution in [1.82, 2.24) is 10.1 Å². The minimum atomic E-state index is -3.58. The quantitative estimate of drug-likeness (QED) is 0.789. The van der Waals surface area contributed by atoms with Crippen LogP contribution in [0.2, 0.25) is 0 Å². The van der Waals surface area contributed by atoms with E-state index in [-0.39, 0.29) is 28.9 Å². The van der Waals surface area contributed by atoms with E-state index in [1.54, 1.807) is 6.92 Å². The highest BCUT2D eigenvalue weighted by Gasteiger charge is 2.36. The van der Waals surface area contributed by atoms with E-state index in [1.165, 1.54) is 12.1 Å². The summed E-state index contributed by atoms with van der Waals surface area (Å²) in [5.74, 6) is -0.453. The fourth-order valence-electron chi connectivity index (χ4n) is 3.01. The summed E-state index contributed by atoms with van der Waals surface area (Å²) in [5.41, 5.74) is 5.72. The number of halogens is 2. The molecule has 1 aromatic heterocycles. The number of nitrogens with two attached hydrogens (primary N) is 1. The van der Waals surface area contributed by atoms with E-state index in [4.69, 9.17) is 10.3 Å². The summed E-state index contributed by atoms with van der Waals surface area (Å²) in [6.45, 7) is 1.70. The predicted molar refractivity (Wildman–Crippen MR) is 92.7 cm³/mol. The minimum absolute atomic E-state index is 0. The minimum Gasteiger partial charge on any atom is -0.339 e. The first-order chi connectivity index (χ1) is 11.3. The van der Waals surface area contributed by atoms with Gasteiger partial charge in [0, 0.05) is 5.92 Å². The van der Waals surface area contributed by atoms with Crippen LogP contribution in [0.15, 0.2) is 33.7 Å². The van der Waals surface area contributed by atoms with E-state index >= 15 is 0 Å². The monoisotopic (exact) mass is 389 g/mol. The van der Waals surface area contributed by atoms with Crippen molar-refractivity contribution in [3.63, 3.8) is 0 Å². The van der Waals surface area contributed by atoms with Crippen LogP contribution in [0.25, 0.3) is 0 Å². The van der Waals surface area contributed by atoms with Crippen LogP contribution >= 0.6 is 12.4 Å². The standard InChI is InChI=1S/C16H20FN3O3S.ClH/c1-11(10-24(21,22)13-6-4-12(17)5-7-13)14-19-15(20-23-14)16(18)8-2-3-9-16;/h4-7,11H,2-3,8-10,18H2,1H3;1H. The van der Waals surface area contributed by atoms with E-state index in [9.17, 15) is 12.8 Å². The van der Waals surface area contributed by atoms with Gasteiger partial charge in [0.05, 0.1) is 16.2 Å². The van der Waals surface area contributed by atoms with Crippen LogP contribution in [-0.2, 0) is 15.4 Å². The Balaban J connectivity index is 0.00000225. The van der Waals surface area contributed by atoms with Gasteiger partial charge in [0.2, 0.25) is 5.89 Å². The Morgan fingerprint density at radius 3 is 2.48 bits per heavy atom. The lowest BCUT2D eigenvalue weighted by Gasteiger charge is -2.17. The Labute approximate surface area is 152 Å². The van der Waals surface area contributed by atoms with E-state index in [2.05, 4.69) is 10.1 Å². The molecule has 1 aliphatic carbocycles. The van der Waals surface area contributed by atoms with Crippen molar-refractivity contribution in [2.75, 3.05) is 5.75 Å². The Kier molecular flexibility index (Phi) is 5.86. The first-order valence-electron chi connectivity index (χ1n) is 7.91. The third kappa shape index (κ3) is 4.19. The highest BCUT2D eigenvalue weighted by atomic mass is 35.5. The molecule has 1 atom stereocenters. The van der Waals surface area contributed by atoms with Gasteiger partial charge in [0.15, 0.2) is 15.7 Å². The molecule has 1 fully saturated rings. The summed E-state index contributed by atoms with van der Waals surface area (Å²) in [6.07, 6.45) is 3.65. The van der Waals surface area contributed by atoms with Crippen molar-refractivity contribution in [1.29, 1.82) is 0 Å². The van der Waals surface area contributed by atoms with E-state index in [0.29, 0.717) is 5.82 Å². The Hall–Kier alpha value is -1.51. The van der Waals surface area contributed by atoms with Crippen LogP contribution < -0.4 is 5.73 Å². The highest BCUT2D eigenvalue weighted by Crippen LogP contribution is 2.35. The van der Waals surface area contributed by atoms with E-state index < -0.39 is 27.1 Å². The van der Waals surface area contributed by atoms with Crippen molar-refractivity contribution >= 4 is 22.2 Å². The van der Waals surface area contributed by atoms with Gasteiger partial charge < -0.3 is 10.3 Å². The van der Waals surface area contributed by atoms with Crippen LogP contribution in [0.5, 0.6) is 0 Å². The lowest BCUT2D eigenvalue weighted by molar-refractivity contribution is 0.341. The maximum atomic E-state index is 12.9. The van der Waals surface area contributed by atoms with Crippen LogP contribution in [0.3, 0.4) is 0 Å². The van der Waals surface area contributed by atoms with Gasteiger partial charge in [0.1, 0.15) is 5.82 Å². The summed E-state index contributed by atoms with van der Waals surface area (Å²) in [5, 5.41) is 3.95. The second-order valence-corrected chi connectivity index (χ2v) is 8.49. The normalized spacial score (nSPS) is 17.9. The number of sulfone groups is 1. The third-order valence-corrected chi connectivity index (χ3v) is 6.38. The molecular weight excluding hydrogens is 369 g/mol. The van der Waals surface area contributed by atoms with Crippen LogP contribution in [0.4, 0.5) is 4.39 Å². The largest absolute Gasteiger partial charge is 0.339 e. The number of rotatable bonds is 5. The van der Waals surface area contributed by atoms with Gasteiger partial charge in [-0.25, -0.2) is 12.8 Å². The van der Waals surface area contributed by atoms with Gasteiger partial charge in [-0.2, -0.15) is 4.98 Å². The molecule has 0 spiro atoms. The van der Waals surface area contributed by atoms with Crippen molar-refractivity contribution in [3.8, 4) is 0 Å². The number of aromatic nitrogens is 2. The number of hydrogen-bond donors (Lipinski definition) is 1. The van der Waals surface area contributed by atoms with Gasteiger partial charge in [-0.3, -0.25) is 0 Å². The molecule has 2 N–H and O–H groups in total. The lowest BCUT2D eigenvalue weighted by Crippen LogP contribution is -2.34. The third-order valence-electron chi connectivity index (χ3n) is 4.45. The highest BCUT2D eigenvalue weighted by molar-refractivity contribution is 7.91. The fraction of sp³-hybridized carbons (Fsp3) is 0.500. The molecule has 1 unspecified atom stereocenters. The van der Waals surface area contributed by atoms with Gasteiger partial charge in [0.25, 0.3) is 0 Å². The molecule has 6 nitrogen and oxygen atoms in total. The molecule has 1 aromatic carbocycles. The van der Waals surface area contributed by atoms with Crippen LogP contribution in [0, 0.1) is 5.82 Å². The number of hydrogen-bond acceptors (Lipinski definition) is 6. The lowest BCUT2D eigenvalue weighted by atomic mass is 9.98. The van der Waals surface area contributed by atoms with Gasteiger partial charge >= 0.3 is 0 Å². The number of nitrogens with zero attached hydrogens (tertiary/aromatic N) is 2. The molecule has 1 aliphatic rings. The average molecular weight is 390 g/mol. The zero-order valence-electron chi connectivity index (χ0n) is 13.8. The topological polar surface area (TPSA) is 99.1 Å². The smallest absolute Gasteiger partial charge is 0.230 e. The van der Waals surface area contributed by atoms with Crippen LogP contribution in [-0.4, -0.2) is 24.3 Å². The second kappa shape index (κ2) is 7.39. The summed E-state index contributed by atoms with van der Waals surface area (Å²) in [6, 6.07) is 4.76. The predicted octanol–water partition coefficient (Wildman–Crippen LogP) is 2.94. The van der Waals surface area contributed by atoms with Gasteiger partial charge in [-0.1, -0.05) is 24.9 Å². The van der Waals surface area contributed by atoms with Crippen molar-refractivity contribution in [2.24, 2.45) is 5.73 Å². The first kappa shape index (κ1) is 19.8. The maximum absolute atomic E-state index is 12.9. The fourth-order valence-corrected chi connectivity index (χ4v) is 4.55. The van der Waals surface area contributed by atoms with Crippen molar-refractivity contribution < 1.29 is 17.3 Å². The molecule has 25 heavy (non-hydrogen) atoms. The zero-order chi connectivity index (χ0) is 17.4. The van der Waals surface area contributed by atoms with E-state index in [1.807, 2.05) is 0 Å². The maximum Gasteiger partial charge on any atom is 0.230 e. The molecule has 0 radical (unpaired) electrons. The second-order valence-electron chi connectivity index (χ2n) is 6.46. The Bertz CT molecular complexity index is 817. The zero-order valence-corrected chi connectivity index (χ0v) is 15.4. The molecule has 0 saturated heterocycles. The SMILES string of the molecule is CC(CS(=O)(=O)c1ccc(F)cc1)c1nc(C2(N)CCCC2)no1.Cl. The molecule has 0 bridgehead atoms. The summed E-state index contributed by atoms with van der Waals surface area (Å²) in [7, 11) is -3.58. The van der Waals surface area contributed by atoms with Crippen molar-refractivity contribution in [2.45, 2.75) is 49.0 Å². The van der Waals surface area contributed by atoms with Gasteiger partial charge in [-0.15, -0.1) is 12.4 Å². The molecule has 1 saturated carbocycles. The first-order valence-corrected chi connectivity index (χ1v) is 9.57. The van der Waals surface area contributed by atoms with Gasteiger partial charge in [-0.05, 0) is 37.1 Å². The molecule has 138 valence electrons. The average Bonchev–Trinajstić information content (AvgIpc) is 3.17. The Morgan fingerprint density at radius 2 is 1.88 bits per heavy atom. The van der Waals surface area contributed by atoms with Crippen molar-refractivity contribution in [3.05, 3.63) is 41.8 Å². The Morgan fingerprint density at radius 1 is 1.28 bits per heavy atom. The molecule has 9 heteroatoms. The summed E-state index contributed by atoms with van der Waals surface area (Å²) in [4.78, 5) is 4.40. The number of benzene rings is 1. The molecule has 3 rings (SSSR count). The molecule has 0 amide bonds. The molecular formula is C16H21ClFN3O3S. The molecule has 2 aromatic rings. The van der Waals surface area contributed by atoms with E-state index in [0.717, 1.165) is 37.8 Å². The van der Waals surface area contributed by atoms with Crippen LogP contribution in [0.1, 0.15) is 50.2 Å². The summed E-state index contributed by atoms with van der Waals surface area (Å²) < 4.78 is 43.0. The molecule has 1 heterocycles.